The second kappa shape index (κ2) is 17.8. The standard InChI is InChI=1S/C24H28O3.C20H24O4/c1-6-18-12-14-19(15-13-18)16-17-24(5,22(26)27-23(2,3)4)21(25)20-10-8-7-9-11-20;1-5-16-7-9-17(10-8-16)12-13-20(4,15(3)21)19(22)24-18-11-6-14(2)23-18/h6-15H,1,16-17H2,2-5H3;5-10,18H,1,11-13H2,2-4H3. The molecule has 4 rings (SSSR count). The van der Waals surface area contributed by atoms with Gasteiger partial charge in [-0.1, -0.05) is 104 Å². The third-order valence-corrected chi connectivity index (χ3v) is 9.03. The molecule has 3 atom stereocenters. The van der Waals surface area contributed by atoms with Crippen LogP contribution in [0.4, 0.5) is 0 Å². The molecule has 1 aliphatic rings. The van der Waals surface area contributed by atoms with Gasteiger partial charge in [-0.15, -0.1) is 0 Å². The Morgan fingerprint density at radius 3 is 1.65 bits per heavy atom. The largest absolute Gasteiger partial charge is 0.459 e. The van der Waals surface area contributed by atoms with Crippen LogP contribution in [-0.4, -0.2) is 35.4 Å². The van der Waals surface area contributed by atoms with Crippen LogP contribution in [0.25, 0.3) is 12.2 Å². The van der Waals surface area contributed by atoms with E-state index in [9.17, 15) is 19.2 Å². The normalized spacial score (nSPS) is 16.1. The Kier molecular flexibility index (Phi) is 14.1. The molecule has 0 amide bonds. The third kappa shape index (κ3) is 11.5. The zero-order valence-corrected chi connectivity index (χ0v) is 31.1. The second-order valence-electron chi connectivity index (χ2n) is 14.3. The predicted molar refractivity (Wildman–Crippen MR) is 203 cm³/mol. The first kappa shape index (κ1) is 40.4. The van der Waals surface area contributed by atoms with Crippen molar-refractivity contribution in [2.24, 2.45) is 10.8 Å². The molecule has 3 unspecified atom stereocenters. The Morgan fingerprint density at radius 1 is 0.745 bits per heavy atom. The summed E-state index contributed by atoms with van der Waals surface area (Å²) < 4.78 is 16.4. The number of ether oxygens (including phenoxy) is 3. The number of carbonyl (C=O) groups is 4. The summed E-state index contributed by atoms with van der Waals surface area (Å²) in [6.45, 7) is 19.5. The Hall–Kier alpha value is -5.04. The lowest BCUT2D eigenvalue weighted by Crippen LogP contribution is -2.42. The van der Waals surface area contributed by atoms with Gasteiger partial charge in [0.15, 0.2) is 5.78 Å². The van der Waals surface area contributed by atoms with Crippen LogP contribution in [0, 0.1) is 10.8 Å². The minimum Gasteiger partial charge on any atom is -0.459 e. The van der Waals surface area contributed by atoms with E-state index in [0.717, 1.165) is 28.0 Å². The fourth-order valence-corrected chi connectivity index (χ4v) is 5.35. The number of hydrogen-bond donors (Lipinski definition) is 0. The van der Waals surface area contributed by atoms with Gasteiger partial charge in [-0.25, -0.2) is 0 Å². The minimum atomic E-state index is -1.24. The average molecular weight is 693 g/mol. The van der Waals surface area contributed by atoms with Crippen LogP contribution in [0.15, 0.2) is 104 Å². The molecule has 1 aliphatic heterocycles. The summed E-state index contributed by atoms with van der Waals surface area (Å²) in [7, 11) is 0. The van der Waals surface area contributed by atoms with Crippen molar-refractivity contribution in [3.05, 3.63) is 132 Å². The molecule has 0 saturated carbocycles. The number of Topliss-reactive ketones (excluding diaryl/α,β-unsaturated/α-hetero) is 2. The number of esters is 2. The van der Waals surface area contributed by atoms with E-state index in [1.807, 2.05) is 88.4 Å². The van der Waals surface area contributed by atoms with E-state index < -0.39 is 34.7 Å². The van der Waals surface area contributed by atoms with Gasteiger partial charge >= 0.3 is 11.9 Å². The molecule has 3 aromatic rings. The van der Waals surface area contributed by atoms with Gasteiger partial charge in [0.2, 0.25) is 6.29 Å². The first-order valence-corrected chi connectivity index (χ1v) is 17.3. The van der Waals surface area contributed by atoms with Crippen molar-refractivity contribution in [2.45, 2.75) is 92.5 Å². The molecule has 7 nitrogen and oxygen atoms in total. The van der Waals surface area contributed by atoms with Gasteiger partial charge in [-0.05, 0) is 102 Å². The van der Waals surface area contributed by atoms with Crippen LogP contribution in [0.2, 0.25) is 0 Å². The molecule has 0 saturated heterocycles. The molecule has 1 heterocycles. The van der Waals surface area contributed by atoms with Gasteiger partial charge in [-0.2, -0.15) is 0 Å². The predicted octanol–water partition coefficient (Wildman–Crippen LogP) is 9.54. The molecule has 0 fully saturated rings. The van der Waals surface area contributed by atoms with Crippen LogP contribution >= 0.6 is 0 Å². The molecule has 0 spiro atoms. The number of rotatable bonds is 14. The summed E-state index contributed by atoms with van der Waals surface area (Å²) in [4.78, 5) is 50.8. The summed E-state index contributed by atoms with van der Waals surface area (Å²) in [5.74, 6) is -0.671. The third-order valence-electron chi connectivity index (χ3n) is 9.03. The first-order chi connectivity index (χ1) is 24.0. The van der Waals surface area contributed by atoms with Gasteiger partial charge in [0.25, 0.3) is 0 Å². The molecule has 3 aromatic carbocycles. The van der Waals surface area contributed by atoms with Crippen molar-refractivity contribution in [2.75, 3.05) is 0 Å². The van der Waals surface area contributed by atoms with E-state index in [0.29, 0.717) is 37.7 Å². The van der Waals surface area contributed by atoms with Crippen molar-refractivity contribution in [3.8, 4) is 0 Å². The fourth-order valence-electron chi connectivity index (χ4n) is 5.35. The summed E-state index contributed by atoms with van der Waals surface area (Å²) in [5.41, 5.74) is 1.66. The average Bonchev–Trinajstić information content (AvgIpc) is 3.53. The van der Waals surface area contributed by atoms with E-state index in [2.05, 4.69) is 13.2 Å². The highest BCUT2D eigenvalue weighted by Crippen LogP contribution is 2.33. The van der Waals surface area contributed by atoms with Gasteiger partial charge in [0.05, 0.1) is 5.76 Å². The van der Waals surface area contributed by atoms with Crippen LogP contribution in [-0.2, 0) is 41.4 Å². The Morgan fingerprint density at radius 2 is 1.24 bits per heavy atom. The van der Waals surface area contributed by atoms with E-state index in [4.69, 9.17) is 14.2 Å². The van der Waals surface area contributed by atoms with Crippen LogP contribution in [0.1, 0.15) is 100 Å². The highest BCUT2D eigenvalue weighted by molar-refractivity contribution is 6.12. The van der Waals surface area contributed by atoms with Crippen molar-refractivity contribution in [3.63, 3.8) is 0 Å². The first-order valence-electron chi connectivity index (χ1n) is 17.3. The number of carbonyl (C=O) groups excluding carboxylic acids is 4. The Balaban J connectivity index is 0.000000277. The molecular weight excluding hydrogens is 640 g/mol. The molecule has 0 aliphatic carbocycles. The fraction of sp³-hybridized carbons (Fsp3) is 0.364. The van der Waals surface area contributed by atoms with Crippen LogP contribution in [0.5, 0.6) is 0 Å². The van der Waals surface area contributed by atoms with Gasteiger partial charge < -0.3 is 14.2 Å². The molecule has 7 heteroatoms. The van der Waals surface area contributed by atoms with Crippen LogP contribution in [0.3, 0.4) is 0 Å². The molecule has 0 bridgehead atoms. The van der Waals surface area contributed by atoms with E-state index in [1.165, 1.54) is 6.92 Å². The summed E-state index contributed by atoms with van der Waals surface area (Å²) in [6, 6.07) is 24.8. The maximum Gasteiger partial charge on any atom is 0.322 e. The number of aryl methyl sites for hydroxylation is 2. The molecule has 270 valence electrons. The lowest BCUT2D eigenvalue weighted by molar-refractivity contribution is -0.180. The number of hydrogen-bond acceptors (Lipinski definition) is 7. The topological polar surface area (TPSA) is 96.0 Å². The Labute approximate surface area is 303 Å². The zero-order chi connectivity index (χ0) is 37.8. The lowest BCUT2D eigenvalue weighted by atomic mass is 9.77. The minimum absolute atomic E-state index is 0.196. The van der Waals surface area contributed by atoms with Gasteiger partial charge in [-0.3, -0.25) is 19.2 Å². The lowest BCUT2D eigenvalue weighted by Gasteiger charge is -2.30. The van der Waals surface area contributed by atoms with Crippen molar-refractivity contribution < 1.29 is 33.4 Å². The van der Waals surface area contributed by atoms with E-state index in [1.54, 1.807) is 50.3 Å². The van der Waals surface area contributed by atoms with E-state index in [-0.39, 0.29) is 11.6 Å². The molecule has 51 heavy (non-hydrogen) atoms. The maximum atomic E-state index is 13.2. The van der Waals surface area contributed by atoms with E-state index >= 15 is 0 Å². The second-order valence-corrected chi connectivity index (χ2v) is 14.3. The van der Waals surface area contributed by atoms with Crippen molar-refractivity contribution in [1.82, 2.24) is 0 Å². The van der Waals surface area contributed by atoms with Gasteiger partial charge in [0.1, 0.15) is 22.2 Å². The number of allylic oxidation sites excluding steroid dienone is 1. The molecule has 0 radical (unpaired) electrons. The van der Waals surface area contributed by atoms with Gasteiger partial charge in [0, 0.05) is 12.0 Å². The summed E-state index contributed by atoms with van der Waals surface area (Å²) in [6.07, 6.45) is 7.32. The highest BCUT2D eigenvalue weighted by Gasteiger charge is 2.44. The summed E-state index contributed by atoms with van der Waals surface area (Å²) in [5, 5.41) is 0. The van der Waals surface area contributed by atoms with Crippen molar-refractivity contribution >= 4 is 35.7 Å². The molecular formula is C44H52O7. The number of benzene rings is 3. The Bertz CT molecular complexity index is 1710. The van der Waals surface area contributed by atoms with Crippen LogP contribution < -0.4 is 0 Å². The highest BCUT2D eigenvalue weighted by atomic mass is 16.7. The SMILES string of the molecule is C=Cc1ccc(CCC(C)(C(=O)OC(C)(C)C)C(=O)c2ccccc2)cc1.C=Cc1ccc(CCC(C)(C(C)=O)C(=O)OC2CC=C(C)O2)cc1. The summed E-state index contributed by atoms with van der Waals surface area (Å²) >= 11 is 0. The molecule has 0 N–H and O–H groups in total. The smallest absolute Gasteiger partial charge is 0.322 e. The quantitative estimate of drug-likeness (QED) is 0.0943. The number of ketones is 2. The van der Waals surface area contributed by atoms with Crippen molar-refractivity contribution in [1.29, 1.82) is 0 Å². The monoisotopic (exact) mass is 692 g/mol. The maximum absolute atomic E-state index is 13.2. The molecule has 0 aromatic heterocycles. The zero-order valence-electron chi connectivity index (χ0n) is 31.1.